The highest BCUT2D eigenvalue weighted by atomic mass is 16.2. The minimum absolute atomic E-state index is 0.197. The number of nitrogens with zero attached hydrogens (tertiary/aromatic N) is 6. The van der Waals surface area contributed by atoms with E-state index in [1.54, 1.807) is 0 Å². The third kappa shape index (κ3) is 4.09. The molecular formula is C24H30N6O. The van der Waals surface area contributed by atoms with Crippen molar-refractivity contribution in [2.45, 2.75) is 25.7 Å². The number of aromatic nitrogens is 3. The van der Waals surface area contributed by atoms with Crippen molar-refractivity contribution in [3.8, 4) is 0 Å². The van der Waals surface area contributed by atoms with Crippen LogP contribution in [0.5, 0.6) is 0 Å². The lowest BCUT2D eigenvalue weighted by Gasteiger charge is -2.35. The SMILES string of the molecule is Cn1cc(CC(=O)N2CCN(c3ccc(N4CCCCC4)nn3)CC2)c2ccccc21. The fraction of sp³-hybridized carbons (Fsp3) is 0.458. The largest absolute Gasteiger partial charge is 0.355 e. The summed E-state index contributed by atoms with van der Waals surface area (Å²) < 4.78 is 2.10. The Balaban J connectivity index is 1.18. The van der Waals surface area contributed by atoms with Crippen LogP contribution in [0, 0.1) is 0 Å². The minimum atomic E-state index is 0.197. The smallest absolute Gasteiger partial charge is 0.227 e. The Morgan fingerprint density at radius 3 is 2.16 bits per heavy atom. The number of hydrogen-bond donors (Lipinski definition) is 0. The lowest BCUT2D eigenvalue weighted by atomic mass is 10.1. The molecule has 2 saturated heterocycles. The van der Waals surface area contributed by atoms with Crippen LogP contribution in [-0.2, 0) is 18.3 Å². The number of anilines is 2. The summed E-state index contributed by atoms with van der Waals surface area (Å²) in [5.41, 5.74) is 2.27. The average Bonchev–Trinajstić information content (AvgIpc) is 3.15. The molecule has 0 atom stereocenters. The van der Waals surface area contributed by atoms with E-state index in [2.05, 4.69) is 55.0 Å². The molecule has 0 N–H and O–H groups in total. The number of benzene rings is 1. The fourth-order valence-electron chi connectivity index (χ4n) is 4.80. The second-order valence-corrected chi connectivity index (χ2v) is 8.62. The fourth-order valence-corrected chi connectivity index (χ4v) is 4.80. The lowest BCUT2D eigenvalue weighted by Crippen LogP contribution is -2.49. The molecular weight excluding hydrogens is 388 g/mol. The van der Waals surface area contributed by atoms with Gasteiger partial charge < -0.3 is 19.3 Å². The van der Waals surface area contributed by atoms with Crippen molar-refractivity contribution in [3.05, 3.63) is 48.2 Å². The molecule has 7 nitrogen and oxygen atoms in total. The van der Waals surface area contributed by atoms with Crippen molar-refractivity contribution in [2.75, 3.05) is 49.1 Å². The molecule has 0 spiro atoms. The van der Waals surface area contributed by atoms with Gasteiger partial charge in [-0.25, -0.2) is 0 Å². The molecule has 1 aromatic carbocycles. The van der Waals surface area contributed by atoms with E-state index in [1.165, 1.54) is 30.2 Å². The first-order valence-corrected chi connectivity index (χ1v) is 11.3. The minimum Gasteiger partial charge on any atom is -0.355 e. The summed E-state index contributed by atoms with van der Waals surface area (Å²) in [5.74, 6) is 2.08. The van der Waals surface area contributed by atoms with Crippen LogP contribution in [0.2, 0.25) is 0 Å². The van der Waals surface area contributed by atoms with Gasteiger partial charge in [0, 0.05) is 63.4 Å². The van der Waals surface area contributed by atoms with E-state index in [4.69, 9.17) is 0 Å². The summed E-state index contributed by atoms with van der Waals surface area (Å²) in [5, 5.41) is 10.1. The maximum atomic E-state index is 12.9. The molecule has 0 saturated carbocycles. The van der Waals surface area contributed by atoms with Gasteiger partial charge in [-0.1, -0.05) is 18.2 Å². The molecule has 1 amide bonds. The van der Waals surface area contributed by atoms with E-state index in [-0.39, 0.29) is 5.91 Å². The number of piperidine rings is 1. The number of piperazine rings is 1. The first kappa shape index (κ1) is 19.8. The van der Waals surface area contributed by atoms with Crippen LogP contribution in [0.1, 0.15) is 24.8 Å². The molecule has 0 radical (unpaired) electrons. The molecule has 2 aliphatic rings. The molecule has 162 valence electrons. The number of para-hydroxylation sites is 1. The first-order chi connectivity index (χ1) is 15.2. The zero-order valence-corrected chi connectivity index (χ0v) is 18.2. The third-order valence-corrected chi connectivity index (χ3v) is 6.59. The van der Waals surface area contributed by atoms with Gasteiger partial charge >= 0.3 is 0 Å². The topological polar surface area (TPSA) is 57.5 Å². The molecule has 7 heteroatoms. The molecule has 2 aromatic heterocycles. The zero-order chi connectivity index (χ0) is 21.2. The summed E-state index contributed by atoms with van der Waals surface area (Å²) in [6.45, 7) is 5.17. The Bertz CT molecular complexity index is 1050. The molecule has 5 rings (SSSR count). The van der Waals surface area contributed by atoms with Crippen molar-refractivity contribution in [2.24, 2.45) is 7.05 Å². The number of carbonyl (C=O) groups is 1. The van der Waals surface area contributed by atoms with Crippen LogP contribution in [0.3, 0.4) is 0 Å². The van der Waals surface area contributed by atoms with E-state index >= 15 is 0 Å². The Kier molecular flexibility index (Phi) is 5.49. The van der Waals surface area contributed by atoms with E-state index in [1.807, 2.05) is 24.1 Å². The van der Waals surface area contributed by atoms with E-state index in [9.17, 15) is 4.79 Å². The number of amides is 1. The highest BCUT2D eigenvalue weighted by Gasteiger charge is 2.23. The van der Waals surface area contributed by atoms with Crippen LogP contribution in [0.15, 0.2) is 42.6 Å². The van der Waals surface area contributed by atoms with Gasteiger partial charge in [-0.05, 0) is 43.0 Å². The van der Waals surface area contributed by atoms with Gasteiger partial charge in [0.15, 0.2) is 11.6 Å². The molecule has 2 aliphatic heterocycles. The average molecular weight is 419 g/mol. The number of aryl methyl sites for hydroxylation is 1. The summed E-state index contributed by atoms with van der Waals surface area (Å²) in [6, 6.07) is 12.4. The van der Waals surface area contributed by atoms with Crippen LogP contribution >= 0.6 is 0 Å². The predicted octanol–water partition coefficient (Wildman–Crippen LogP) is 2.85. The van der Waals surface area contributed by atoms with Crippen molar-refractivity contribution < 1.29 is 4.79 Å². The summed E-state index contributed by atoms with van der Waals surface area (Å²) >= 11 is 0. The third-order valence-electron chi connectivity index (χ3n) is 6.59. The van der Waals surface area contributed by atoms with E-state index < -0.39 is 0 Å². The van der Waals surface area contributed by atoms with E-state index in [0.717, 1.165) is 56.5 Å². The number of rotatable bonds is 4. The number of fused-ring (bicyclic) bond motifs is 1. The summed E-state index contributed by atoms with van der Waals surface area (Å²) in [7, 11) is 2.03. The van der Waals surface area contributed by atoms with Crippen molar-refractivity contribution in [1.82, 2.24) is 19.7 Å². The van der Waals surface area contributed by atoms with Crippen molar-refractivity contribution in [1.29, 1.82) is 0 Å². The van der Waals surface area contributed by atoms with Gasteiger partial charge in [0.25, 0.3) is 0 Å². The zero-order valence-electron chi connectivity index (χ0n) is 18.2. The Morgan fingerprint density at radius 1 is 0.839 bits per heavy atom. The van der Waals surface area contributed by atoms with Crippen LogP contribution in [0.25, 0.3) is 10.9 Å². The lowest BCUT2D eigenvalue weighted by molar-refractivity contribution is -0.130. The quantitative estimate of drug-likeness (QED) is 0.652. The van der Waals surface area contributed by atoms with Crippen LogP contribution in [0.4, 0.5) is 11.6 Å². The molecule has 0 bridgehead atoms. The molecule has 4 heterocycles. The molecule has 0 unspecified atom stereocenters. The van der Waals surface area contributed by atoms with Gasteiger partial charge in [-0.2, -0.15) is 0 Å². The monoisotopic (exact) mass is 418 g/mol. The highest BCUT2D eigenvalue weighted by molar-refractivity contribution is 5.89. The maximum absolute atomic E-state index is 12.9. The molecule has 31 heavy (non-hydrogen) atoms. The molecule has 3 aromatic rings. The van der Waals surface area contributed by atoms with E-state index in [0.29, 0.717) is 6.42 Å². The molecule has 0 aliphatic carbocycles. The Hall–Kier alpha value is -3.09. The van der Waals surface area contributed by atoms with Gasteiger partial charge in [0.05, 0.1) is 6.42 Å². The Morgan fingerprint density at radius 2 is 1.48 bits per heavy atom. The maximum Gasteiger partial charge on any atom is 0.227 e. The normalized spacial score (nSPS) is 17.4. The Labute approximate surface area is 183 Å². The number of carbonyl (C=O) groups excluding carboxylic acids is 1. The first-order valence-electron chi connectivity index (χ1n) is 11.3. The number of hydrogen-bond acceptors (Lipinski definition) is 5. The van der Waals surface area contributed by atoms with Gasteiger partial charge in [0.2, 0.25) is 5.91 Å². The van der Waals surface area contributed by atoms with Crippen LogP contribution < -0.4 is 9.80 Å². The van der Waals surface area contributed by atoms with Crippen LogP contribution in [-0.4, -0.2) is 64.8 Å². The van der Waals surface area contributed by atoms with Crippen molar-refractivity contribution in [3.63, 3.8) is 0 Å². The molecule has 2 fully saturated rings. The predicted molar refractivity (Wildman–Crippen MR) is 124 cm³/mol. The van der Waals surface area contributed by atoms with Gasteiger partial charge in [-0.3, -0.25) is 4.79 Å². The van der Waals surface area contributed by atoms with Gasteiger partial charge in [-0.15, -0.1) is 10.2 Å². The summed E-state index contributed by atoms with van der Waals surface area (Å²) in [6.07, 6.45) is 6.31. The highest BCUT2D eigenvalue weighted by Crippen LogP contribution is 2.23. The van der Waals surface area contributed by atoms with Crippen molar-refractivity contribution >= 4 is 28.4 Å². The summed E-state index contributed by atoms with van der Waals surface area (Å²) in [4.78, 5) is 19.5. The second kappa shape index (κ2) is 8.57. The standard InChI is InChI=1S/C24H30N6O/c1-27-18-19(20-7-3-4-8-21(20)27)17-24(31)30-15-13-29(14-16-30)23-10-9-22(25-26-23)28-11-5-2-6-12-28/h3-4,7-10,18H,2,5-6,11-17H2,1H3. The van der Waals surface area contributed by atoms with Gasteiger partial charge in [0.1, 0.15) is 0 Å². The second-order valence-electron chi connectivity index (χ2n) is 8.62.